The summed E-state index contributed by atoms with van der Waals surface area (Å²) in [6.07, 6.45) is 1.46. The highest BCUT2D eigenvalue weighted by molar-refractivity contribution is 6.06. The van der Waals surface area contributed by atoms with Gasteiger partial charge in [0, 0.05) is 11.4 Å². The zero-order valence-corrected chi connectivity index (χ0v) is 17.1. The molecular weight excluding hydrogens is 398 g/mol. The van der Waals surface area contributed by atoms with Crippen LogP contribution in [0.5, 0.6) is 17.2 Å². The highest BCUT2D eigenvalue weighted by Crippen LogP contribution is 2.39. The van der Waals surface area contributed by atoms with Crippen LogP contribution < -0.4 is 24.8 Å². The van der Waals surface area contributed by atoms with Crippen LogP contribution in [0, 0.1) is 0 Å². The molecule has 2 aliphatic rings. The van der Waals surface area contributed by atoms with E-state index >= 15 is 0 Å². The van der Waals surface area contributed by atoms with Crippen molar-refractivity contribution in [3.8, 4) is 17.2 Å². The maximum Gasteiger partial charge on any atom is 0.255 e. The van der Waals surface area contributed by atoms with E-state index in [4.69, 9.17) is 14.2 Å². The fourth-order valence-electron chi connectivity index (χ4n) is 3.80. The Hall–Kier alpha value is -4.01. The largest absolute Gasteiger partial charge is 0.497 e. The van der Waals surface area contributed by atoms with E-state index in [1.807, 2.05) is 25.1 Å². The maximum absolute atomic E-state index is 13.4. The lowest BCUT2D eigenvalue weighted by molar-refractivity contribution is -0.113. The summed E-state index contributed by atoms with van der Waals surface area (Å²) in [6.45, 7) is 2.85. The van der Waals surface area contributed by atoms with Gasteiger partial charge in [-0.2, -0.15) is 10.1 Å². The van der Waals surface area contributed by atoms with E-state index in [0.717, 1.165) is 5.56 Å². The summed E-state index contributed by atoms with van der Waals surface area (Å²) in [6, 6.07) is 12.4. The van der Waals surface area contributed by atoms with Crippen molar-refractivity contribution < 1.29 is 19.0 Å². The minimum atomic E-state index is -0.479. The van der Waals surface area contributed by atoms with Crippen molar-refractivity contribution in [2.24, 2.45) is 0 Å². The molecule has 5 rings (SSSR count). The lowest BCUT2D eigenvalue weighted by Crippen LogP contribution is -2.31. The Balaban J connectivity index is 1.53. The second-order valence-electron chi connectivity index (χ2n) is 7.18. The molecule has 2 aliphatic heterocycles. The van der Waals surface area contributed by atoms with Crippen LogP contribution in [0.4, 0.5) is 11.6 Å². The Morgan fingerprint density at radius 1 is 1.16 bits per heavy atom. The number of fused-ring (bicyclic) bond motifs is 2. The van der Waals surface area contributed by atoms with Gasteiger partial charge >= 0.3 is 0 Å². The average molecular weight is 419 g/mol. The standard InChI is InChI=1S/C22H21N5O4/c1-13-19(21(28)26-15-4-6-16(29-2)7-5-15)20(27-22(25-13)23-12-24-27)14-3-8-17-18(11-14)31-10-9-30-17/h3-8,11-12,20H,9-10H2,1-2H3,(H,26,28)(H,23,24,25). The molecule has 0 aliphatic carbocycles. The van der Waals surface area contributed by atoms with E-state index in [-0.39, 0.29) is 5.91 Å². The van der Waals surface area contributed by atoms with Crippen molar-refractivity contribution in [1.29, 1.82) is 0 Å². The van der Waals surface area contributed by atoms with E-state index in [9.17, 15) is 4.79 Å². The number of nitrogens with one attached hydrogen (secondary N) is 2. The Bertz CT molecular complexity index is 1170. The van der Waals surface area contributed by atoms with E-state index in [2.05, 4.69) is 20.7 Å². The number of hydrogen-bond donors (Lipinski definition) is 2. The van der Waals surface area contributed by atoms with Crippen molar-refractivity contribution in [2.45, 2.75) is 13.0 Å². The van der Waals surface area contributed by atoms with Crippen molar-refractivity contribution in [3.63, 3.8) is 0 Å². The molecule has 9 nitrogen and oxygen atoms in total. The predicted molar refractivity (Wildman–Crippen MR) is 114 cm³/mol. The predicted octanol–water partition coefficient (Wildman–Crippen LogP) is 2.99. The lowest BCUT2D eigenvalue weighted by atomic mass is 9.94. The molecule has 0 radical (unpaired) electrons. The van der Waals surface area contributed by atoms with Gasteiger partial charge in [0.15, 0.2) is 11.5 Å². The molecule has 1 aromatic heterocycles. The molecule has 0 bridgehead atoms. The quantitative estimate of drug-likeness (QED) is 0.671. The van der Waals surface area contributed by atoms with Gasteiger partial charge in [0.05, 0.1) is 12.7 Å². The molecule has 2 N–H and O–H groups in total. The van der Waals surface area contributed by atoms with Crippen molar-refractivity contribution in [1.82, 2.24) is 14.8 Å². The molecule has 1 amide bonds. The number of aromatic nitrogens is 3. The van der Waals surface area contributed by atoms with E-state index in [0.29, 0.717) is 53.4 Å². The number of hydrogen-bond acceptors (Lipinski definition) is 7. The second kappa shape index (κ2) is 7.67. The summed E-state index contributed by atoms with van der Waals surface area (Å²) in [7, 11) is 1.60. The van der Waals surface area contributed by atoms with E-state index < -0.39 is 6.04 Å². The molecule has 3 heterocycles. The van der Waals surface area contributed by atoms with Crippen LogP contribution in [0.2, 0.25) is 0 Å². The monoisotopic (exact) mass is 419 g/mol. The van der Waals surface area contributed by atoms with E-state index in [1.54, 1.807) is 36.1 Å². The number of methoxy groups -OCH3 is 1. The van der Waals surface area contributed by atoms with E-state index in [1.165, 1.54) is 6.33 Å². The summed E-state index contributed by atoms with van der Waals surface area (Å²) in [5.41, 5.74) is 2.74. The first-order valence-corrected chi connectivity index (χ1v) is 9.86. The summed E-state index contributed by atoms with van der Waals surface area (Å²) in [5, 5.41) is 10.5. The zero-order valence-electron chi connectivity index (χ0n) is 17.1. The average Bonchev–Trinajstić information content (AvgIpc) is 3.26. The summed E-state index contributed by atoms with van der Waals surface area (Å²) < 4.78 is 18.3. The normalized spacial score (nSPS) is 16.9. The maximum atomic E-state index is 13.4. The fourth-order valence-corrected chi connectivity index (χ4v) is 3.80. The van der Waals surface area contributed by atoms with Crippen molar-refractivity contribution in [3.05, 3.63) is 65.6 Å². The van der Waals surface area contributed by atoms with Gasteiger partial charge in [-0.3, -0.25) is 4.79 Å². The van der Waals surface area contributed by atoms with Crippen LogP contribution >= 0.6 is 0 Å². The van der Waals surface area contributed by atoms with Gasteiger partial charge in [-0.05, 0) is 48.9 Å². The molecule has 1 unspecified atom stereocenters. The number of allylic oxidation sites excluding steroid dienone is 1. The number of rotatable bonds is 4. The van der Waals surface area contributed by atoms with Gasteiger partial charge in [0.25, 0.3) is 5.91 Å². The fraction of sp³-hybridized carbons (Fsp3) is 0.227. The molecule has 1 atom stereocenters. The third-order valence-electron chi connectivity index (χ3n) is 5.27. The van der Waals surface area contributed by atoms with Gasteiger partial charge in [0.2, 0.25) is 5.95 Å². The van der Waals surface area contributed by atoms with Gasteiger partial charge < -0.3 is 24.8 Å². The van der Waals surface area contributed by atoms with Crippen LogP contribution in [0.15, 0.2) is 60.1 Å². The second-order valence-corrected chi connectivity index (χ2v) is 7.18. The molecule has 0 saturated heterocycles. The van der Waals surface area contributed by atoms with Crippen molar-refractivity contribution in [2.75, 3.05) is 31.0 Å². The lowest BCUT2D eigenvalue weighted by Gasteiger charge is -2.29. The van der Waals surface area contributed by atoms with Crippen LogP contribution in [-0.2, 0) is 4.79 Å². The summed E-state index contributed by atoms with van der Waals surface area (Å²) in [4.78, 5) is 17.7. The highest BCUT2D eigenvalue weighted by atomic mass is 16.6. The van der Waals surface area contributed by atoms with Crippen molar-refractivity contribution >= 4 is 17.5 Å². The SMILES string of the molecule is COc1ccc(NC(=O)C2=C(C)Nc3ncnn3C2c2ccc3c(c2)OCCO3)cc1. The Kier molecular flexibility index (Phi) is 4.70. The third kappa shape index (κ3) is 3.43. The van der Waals surface area contributed by atoms with Gasteiger partial charge in [-0.15, -0.1) is 0 Å². The Morgan fingerprint density at radius 3 is 2.71 bits per heavy atom. The van der Waals surface area contributed by atoms with Crippen LogP contribution in [0.25, 0.3) is 0 Å². The first-order chi connectivity index (χ1) is 15.1. The zero-order chi connectivity index (χ0) is 21.4. The molecular formula is C22H21N5O4. The van der Waals surface area contributed by atoms with Crippen LogP contribution in [0.3, 0.4) is 0 Å². The van der Waals surface area contributed by atoms with Gasteiger partial charge in [-0.1, -0.05) is 6.07 Å². The number of ether oxygens (including phenoxy) is 3. The Morgan fingerprint density at radius 2 is 1.94 bits per heavy atom. The first-order valence-electron chi connectivity index (χ1n) is 9.86. The van der Waals surface area contributed by atoms with Gasteiger partial charge in [0.1, 0.15) is 31.3 Å². The minimum absolute atomic E-state index is 0.240. The molecule has 3 aromatic rings. The number of carbonyl (C=O) groups is 1. The molecule has 158 valence electrons. The van der Waals surface area contributed by atoms with Gasteiger partial charge in [-0.25, -0.2) is 4.68 Å². The number of amides is 1. The molecule has 2 aromatic carbocycles. The number of carbonyl (C=O) groups excluding carboxylic acids is 1. The van der Waals surface area contributed by atoms with Crippen LogP contribution in [-0.4, -0.2) is 41.0 Å². The smallest absolute Gasteiger partial charge is 0.255 e. The molecule has 0 spiro atoms. The number of benzene rings is 2. The topological polar surface area (TPSA) is 99.5 Å². The number of anilines is 2. The van der Waals surface area contributed by atoms with Crippen LogP contribution in [0.1, 0.15) is 18.5 Å². The third-order valence-corrected chi connectivity index (χ3v) is 5.27. The minimum Gasteiger partial charge on any atom is -0.497 e. The highest BCUT2D eigenvalue weighted by Gasteiger charge is 2.34. The summed E-state index contributed by atoms with van der Waals surface area (Å²) >= 11 is 0. The molecule has 9 heteroatoms. The summed E-state index contributed by atoms with van der Waals surface area (Å²) in [5.74, 6) is 2.38. The Labute approximate surface area is 178 Å². The first kappa shape index (κ1) is 19.0. The number of nitrogens with zero attached hydrogens (tertiary/aromatic N) is 3. The molecule has 0 fully saturated rings. The molecule has 0 saturated carbocycles. The molecule has 31 heavy (non-hydrogen) atoms.